The van der Waals surface area contributed by atoms with Crippen LogP contribution in [0.5, 0.6) is 5.75 Å². The summed E-state index contributed by atoms with van der Waals surface area (Å²) in [5.41, 5.74) is 2.22. The first kappa shape index (κ1) is 14.6. The van der Waals surface area contributed by atoms with Crippen LogP contribution in [-0.4, -0.2) is 18.4 Å². The van der Waals surface area contributed by atoms with Crippen molar-refractivity contribution >= 4 is 17.8 Å². The molecule has 2 aromatic rings. The van der Waals surface area contributed by atoms with Gasteiger partial charge in [0.15, 0.2) is 0 Å². The van der Waals surface area contributed by atoms with E-state index in [1.165, 1.54) is 0 Å². The maximum absolute atomic E-state index is 10.5. The maximum atomic E-state index is 10.5. The highest BCUT2D eigenvalue weighted by Gasteiger charge is 2.27. The third-order valence-electron chi connectivity index (χ3n) is 3.54. The summed E-state index contributed by atoms with van der Waals surface area (Å²) < 4.78 is 0. The SMILES string of the molecule is CN=Cc1cc(Cl)cc(C(C)(C)c2ccccc2)c1O. The molecule has 0 aromatic heterocycles. The van der Waals surface area contributed by atoms with Crippen molar-refractivity contribution in [3.05, 3.63) is 64.2 Å². The Kier molecular flexibility index (Phi) is 4.15. The van der Waals surface area contributed by atoms with Crippen LogP contribution in [0.4, 0.5) is 0 Å². The van der Waals surface area contributed by atoms with Gasteiger partial charge in [0.25, 0.3) is 0 Å². The second-order valence-electron chi connectivity index (χ2n) is 5.27. The van der Waals surface area contributed by atoms with E-state index in [1.54, 1.807) is 19.3 Å². The van der Waals surface area contributed by atoms with Crippen molar-refractivity contribution in [3.8, 4) is 5.75 Å². The van der Waals surface area contributed by atoms with E-state index in [-0.39, 0.29) is 11.2 Å². The highest BCUT2D eigenvalue weighted by atomic mass is 35.5. The van der Waals surface area contributed by atoms with Gasteiger partial charge in [0, 0.05) is 34.8 Å². The summed E-state index contributed by atoms with van der Waals surface area (Å²) in [6, 6.07) is 13.6. The van der Waals surface area contributed by atoms with E-state index in [1.807, 2.05) is 36.4 Å². The molecule has 0 aliphatic rings. The zero-order valence-corrected chi connectivity index (χ0v) is 12.6. The molecule has 2 rings (SSSR count). The lowest BCUT2D eigenvalue weighted by molar-refractivity contribution is 0.452. The van der Waals surface area contributed by atoms with E-state index in [0.29, 0.717) is 10.6 Å². The minimum Gasteiger partial charge on any atom is -0.507 e. The Morgan fingerprint density at radius 1 is 1.15 bits per heavy atom. The van der Waals surface area contributed by atoms with Gasteiger partial charge in [-0.05, 0) is 17.7 Å². The van der Waals surface area contributed by atoms with Crippen LogP contribution in [0.15, 0.2) is 47.5 Å². The van der Waals surface area contributed by atoms with E-state index in [2.05, 4.69) is 18.8 Å². The maximum Gasteiger partial charge on any atom is 0.128 e. The molecule has 0 aliphatic heterocycles. The van der Waals surface area contributed by atoms with Gasteiger partial charge in [-0.25, -0.2) is 0 Å². The van der Waals surface area contributed by atoms with Crippen LogP contribution in [0.2, 0.25) is 5.02 Å². The van der Waals surface area contributed by atoms with Crippen LogP contribution in [0.3, 0.4) is 0 Å². The number of aliphatic imine (C=N–C) groups is 1. The van der Waals surface area contributed by atoms with Gasteiger partial charge in [-0.1, -0.05) is 55.8 Å². The predicted molar refractivity (Wildman–Crippen MR) is 85.2 cm³/mol. The van der Waals surface area contributed by atoms with E-state index in [0.717, 1.165) is 11.1 Å². The minimum absolute atomic E-state index is 0.230. The van der Waals surface area contributed by atoms with Crippen LogP contribution in [0.25, 0.3) is 0 Å². The third-order valence-corrected chi connectivity index (χ3v) is 3.76. The molecule has 0 unspecified atom stereocenters. The van der Waals surface area contributed by atoms with E-state index >= 15 is 0 Å². The third kappa shape index (κ3) is 2.70. The number of phenolic OH excluding ortho intramolecular Hbond substituents is 1. The smallest absolute Gasteiger partial charge is 0.128 e. The number of hydrogen-bond donors (Lipinski definition) is 1. The predicted octanol–water partition coefficient (Wildman–Crippen LogP) is 4.42. The molecular weight excluding hydrogens is 270 g/mol. The number of nitrogens with zero attached hydrogens (tertiary/aromatic N) is 1. The largest absolute Gasteiger partial charge is 0.507 e. The standard InChI is InChI=1S/C17H18ClNO/c1-17(2,13-7-5-4-6-8-13)15-10-14(18)9-12(11-19-3)16(15)20/h4-11,20H,1-3H3. The monoisotopic (exact) mass is 287 g/mol. The second-order valence-corrected chi connectivity index (χ2v) is 5.71. The molecule has 0 atom stereocenters. The number of hydrogen-bond acceptors (Lipinski definition) is 2. The van der Waals surface area contributed by atoms with Crippen molar-refractivity contribution < 1.29 is 5.11 Å². The normalized spacial score (nSPS) is 12.0. The Morgan fingerprint density at radius 3 is 2.40 bits per heavy atom. The highest BCUT2D eigenvalue weighted by molar-refractivity contribution is 6.31. The molecule has 0 saturated carbocycles. The number of halogens is 1. The topological polar surface area (TPSA) is 32.6 Å². The average Bonchev–Trinajstić information content (AvgIpc) is 2.43. The van der Waals surface area contributed by atoms with Crippen LogP contribution in [-0.2, 0) is 5.41 Å². The Hall–Kier alpha value is -1.80. The van der Waals surface area contributed by atoms with Gasteiger partial charge >= 0.3 is 0 Å². The van der Waals surface area contributed by atoms with Gasteiger partial charge in [0.1, 0.15) is 5.75 Å². The number of rotatable bonds is 3. The summed E-state index contributed by atoms with van der Waals surface area (Å²) in [5, 5.41) is 11.1. The van der Waals surface area contributed by atoms with E-state index in [4.69, 9.17) is 11.6 Å². The average molecular weight is 288 g/mol. The van der Waals surface area contributed by atoms with Crippen LogP contribution < -0.4 is 0 Å². The van der Waals surface area contributed by atoms with Crippen molar-refractivity contribution in [2.45, 2.75) is 19.3 Å². The summed E-state index contributed by atoms with van der Waals surface area (Å²) >= 11 is 6.18. The molecule has 0 spiro atoms. The van der Waals surface area contributed by atoms with E-state index < -0.39 is 0 Å². The molecule has 1 N–H and O–H groups in total. The molecule has 2 aromatic carbocycles. The zero-order valence-electron chi connectivity index (χ0n) is 11.9. The fraction of sp³-hybridized carbons (Fsp3) is 0.235. The van der Waals surface area contributed by atoms with Crippen molar-refractivity contribution in [2.24, 2.45) is 4.99 Å². The molecule has 0 fully saturated rings. The Morgan fingerprint density at radius 2 is 1.80 bits per heavy atom. The molecule has 0 amide bonds. The molecular formula is C17H18ClNO. The second kappa shape index (κ2) is 5.68. The van der Waals surface area contributed by atoms with Gasteiger partial charge in [0.05, 0.1) is 0 Å². The lowest BCUT2D eigenvalue weighted by Crippen LogP contribution is -2.19. The zero-order chi connectivity index (χ0) is 14.8. The van der Waals surface area contributed by atoms with Crippen LogP contribution in [0, 0.1) is 0 Å². The summed E-state index contributed by atoms with van der Waals surface area (Å²) in [6.07, 6.45) is 1.62. The Balaban J connectivity index is 2.63. The lowest BCUT2D eigenvalue weighted by atomic mass is 9.77. The summed E-state index contributed by atoms with van der Waals surface area (Å²) in [6.45, 7) is 4.14. The Labute approximate surface area is 124 Å². The van der Waals surface area contributed by atoms with Crippen molar-refractivity contribution in [1.29, 1.82) is 0 Å². The van der Waals surface area contributed by atoms with Gasteiger partial charge < -0.3 is 5.11 Å². The highest BCUT2D eigenvalue weighted by Crippen LogP contribution is 2.39. The molecule has 104 valence electrons. The fourth-order valence-electron chi connectivity index (χ4n) is 2.34. The Bertz CT molecular complexity index is 633. The first-order valence-electron chi connectivity index (χ1n) is 6.47. The molecule has 0 saturated heterocycles. The van der Waals surface area contributed by atoms with Crippen LogP contribution >= 0.6 is 11.6 Å². The van der Waals surface area contributed by atoms with Gasteiger partial charge in [-0.15, -0.1) is 0 Å². The number of phenols is 1. The lowest BCUT2D eigenvalue weighted by Gasteiger charge is -2.27. The van der Waals surface area contributed by atoms with Gasteiger partial charge in [-0.2, -0.15) is 0 Å². The summed E-state index contributed by atoms with van der Waals surface area (Å²) in [5.74, 6) is 0.230. The molecule has 3 heteroatoms. The summed E-state index contributed by atoms with van der Waals surface area (Å²) in [4.78, 5) is 3.96. The van der Waals surface area contributed by atoms with Gasteiger partial charge in [-0.3, -0.25) is 4.99 Å². The quantitative estimate of drug-likeness (QED) is 0.833. The fourth-order valence-corrected chi connectivity index (χ4v) is 2.57. The van der Waals surface area contributed by atoms with Crippen molar-refractivity contribution in [2.75, 3.05) is 7.05 Å². The first-order valence-corrected chi connectivity index (χ1v) is 6.85. The number of benzene rings is 2. The molecule has 0 bridgehead atoms. The molecule has 0 radical (unpaired) electrons. The van der Waals surface area contributed by atoms with Crippen molar-refractivity contribution in [3.63, 3.8) is 0 Å². The first-order chi connectivity index (χ1) is 9.46. The molecule has 20 heavy (non-hydrogen) atoms. The number of aromatic hydroxyl groups is 1. The van der Waals surface area contributed by atoms with Crippen molar-refractivity contribution in [1.82, 2.24) is 0 Å². The molecule has 2 nitrogen and oxygen atoms in total. The van der Waals surface area contributed by atoms with Gasteiger partial charge in [0.2, 0.25) is 0 Å². The van der Waals surface area contributed by atoms with Crippen LogP contribution in [0.1, 0.15) is 30.5 Å². The van der Waals surface area contributed by atoms with E-state index in [9.17, 15) is 5.11 Å². The minimum atomic E-state index is -0.341. The summed E-state index contributed by atoms with van der Waals surface area (Å²) in [7, 11) is 1.67. The molecule has 0 heterocycles. The molecule has 0 aliphatic carbocycles.